The summed E-state index contributed by atoms with van der Waals surface area (Å²) in [4.78, 5) is 14.7. The molecule has 2 saturated heterocycles. The summed E-state index contributed by atoms with van der Waals surface area (Å²) in [5.74, 6) is -0.626. The van der Waals surface area contributed by atoms with Crippen molar-refractivity contribution in [2.24, 2.45) is 0 Å². The van der Waals surface area contributed by atoms with E-state index in [1.54, 1.807) is 0 Å². The summed E-state index contributed by atoms with van der Waals surface area (Å²) < 4.78 is 17.8. The molecule has 0 bridgehead atoms. The number of rotatable bonds is 6. The Morgan fingerprint density at radius 3 is 2.26 bits per heavy atom. The maximum atomic E-state index is 12.8. The minimum Gasteiger partial charge on any atom is -0.361 e. The lowest BCUT2D eigenvalue weighted by molar-refractivity contribution is -0.199. The monoisotopic (exact) mass is 367 g/mol. The summed E-state index contributed by atoms with van der Waals surface area (Å²) in [6, 6.07) is 19.7. The van der Waals surface area contributed by atoms with Gasteiger partial charge in [-0.3, -0.25) is 4.79 Å². The van der Waals surface area contributed by atoms with Crippen molar-refractivity contribution < 1.29 is 19.0 Å². The molecular weight excluding hydrogens is 342 g/mol. The van der Waals surface area contributed by atoms with E-state index in [2.05, 4.69) is 0 Å². The van der Waals surface area contributed by atoms with Crippen molar-refractivity contribution in [2.75, 3.05) is 6.61 Å². The Morgan fingerprint density at radius 2 is 1.67 bits per heavy atom. The minimum absolute atomic E-state index is 0.00749. The number of amides is 1. The lowest BCUT2D eigenvalue weighted by Gasteiger charge is -2.48. The van der Waals surface area contributed by atoms with Crippen LogP contribution in [0.25, 0.3) is 0 Å². The number of β-lactam (4-membered cyclic amide) rings is 1. The number of likely N-dealkylation sites (tertiary alicyclic amines) is 1. The maximum absolute atomic E-state index is 12.8. The Bertz CT molecular complexity index is 777. The van der Waals surface area contributed by atoms with E-state index >= 15 is 0 Å². The fourth-order valence-corrected chi connectivity index (χ4v) is 3.71. The molecule has 0 unspecified atom stereocenters. The summed E-state index contributed by atoms with van der Waals surface area (Å²) >= 11 is 0. The molecular formula is C22H25NO4. The van der Waals surface area contributed by atoms with E-state index in [4.69, 9.17) is 14.2 Å². The quantitative estimate of drug-likeness (QED) is 0.736. The summed E-state index contributed by atoms with van der Waals surface area (Å²) in [6.07, 6.45) is -0.696. The van der Waals surface area contributed by atoms with Gasteiger partial charge in [-0.25, -0.2) is 0 Å². The van der Waals surface area contributed by atoms with Gasteiger partial charge in [-0.2, -0.15) is 0 Å². The molecule has 2 fully saturated rings. The van der Waals surface area contributed by atoms with E-state index in [-0.39, 0.29) is 18.1 Å². The third-order valence-electron chi connectivity index (χ3n) is 5.08. The lowest BCUT2D eigenvalue weighted by Crippen LogP contribution is -2.69. The molecule has 0 saturated carbocycles. The first-order valence-electron chi connectivity index (χ1n) is 9.35. The van der Waals surface area contributed by atoms with Crippen LogP contribution in [0.2, 0.25) is 0 Å². The fourth-order valence-electron chi connectivity index (χ4n) is 3.71. The summed E-state index contributed by atoms with van der Waals surface area (Å²) in [7, 11) is 0. The largest absolute Gasteiger partial charge is 0.361 e. The van der Waals surface area contributed by atoms with E-state index in [1.165, 1.54) is 0 Å². The molecule has 27 heavy (non-hydrogen) atoms. The Morgan fingerprint density at radius 1 is 1.04 bits per heavy atom. The maximum Gasteiger partial charge on any atom is 0.254 e. The average molecular weight is 367 g/mol. The zero-order chi connectivity index (χ0) is 18.9. The summed E-state index contributed by atoms with van der Waals surface area (Å²) in [6.45, 7) is 5.21. The van der Waals surface area contributed by atoms with Crippen molar-refractivity contribution in [3.8, 4) is 0 Å². The average Bonchev–Trinajstić information content (AvgIpc) is 3.03. The first-order valence-corrected chi connectivity index (χ1v) is 9.35. The number of hydrogen-bond acceptors (Lipinski definition) is 4. The normalized spacial score (nSPS) is 26.8. The molecule has 0 radical (unpaired) electrons. The Balaban J connectivity index is 1.48. The van der Waals surface area contributed by atoms with Crippen LogP contribution in [0.5, 0.6) is 0 Å². The molecule has 0 aliphatic carbocycles. The second-order valence-electron chi connectivity index (χ2n) is 7.53. The Kier molecular flexibility index (Phi) is 5.00. The van der Waals surface area contributed by atoms with Gasteiger partial charge in [0.15, 0.2) is 11.9 Å². The number of carbonyl (C=O) groups excluding carboxylic acids is 1. The van der Waals surface area contributed by atoms with Gasteiger partial charge < -0.3 is 19.1 Å². The highest BCUT2D eigenvalue weighted by Gasteiger charge is 2.55. The molecule has 0 spiro atoms. The minimum atomic E-state index is -0.633. The zero-order valence-electron chi connectivity index (χ0n) is 15.7. The van der Waals surface area contributed by atoms with Crippen LogP contribution in [-0.4, -0.2) is 41.5 Å². The van der Waals surface area contributed by atoms with Crippen LogP contribution in [0.1, 0.15) is 25.0 Å². The van der Waals surface area contributed by atoms with E-state index in [9.17, 15) is 4.79 Å². The van der Waals surface area contributed by atoms with Crippen LogP contribution in [0.15, 0.2) is 60.7 Å². The molecule has 3 atom stereocenters. The van der Waals surface area contributed by atoms with Crippen LogP contribution < -0.4 is 0 Å². The van der Waals surface area contributed by atoms with Crippen molar-refractivity contribution >= 4 is 5.91 Å². The molecule has 2 aromatic carbocycles. The number of ether oxygens (including phenoxy) is 3. The predicted molar refractivity (Wildman–Crippen MR) is 101 cm³/mol. The highest BCUT2D eigenvalue weighted by Crippen LogP contribution is 2.35. The van der Waals surface area contributed by atoms with Gasteiger partial charge in [0, 0.05) is 6.54 Å². The second kappa shape index (κ2) is 7.43. The van der Waals surface area contributed by atoms with Crippen molar-refractivity contribution in [2.45, 2.75) is 51.0 Å². The van der Waals surface area contributed by atoms with Gasteiger partial charge in [0.05, 0.1) is 19.3 Å². The topological polar surface area (TPSA) is 48.0 Å². The van der Waals surface area contributed by atoms with Crippen molar-refractivity contribution in [3.05, 3.63) is 71.8 Å². The molecule has 0 N–H and O–H groups in total. The Labute approximate surface area is 159 Å². The van der Waals surface area contributed by atoms with Crippen LogP contribution >= 0.6 is 0 Å². The molecule has 2 aromatic rings. The van der Waals surface area contributed by atoms with E-state index in [1.807, 2.05) is 79.4 Å². The Hall–Kier alpha value is -2.21. The van der Waals surface area contributed by atoms with Gasteiger partial charge in [-0.05, 0) is 25.0 Å². The van der Waals surface area contributed by atoms with Crippen LogP contribution in [0.4, 0.5) is 0 Å². The first kappa shape index (κ1) is 18.2. The number of nitrogens with zero attached hydrogens (tertiary/aromatic N) is 1. The molecule has 2 heterocycles. The molecule has 142 valence electrons. The molecule has 2 aliphatic heterocycles. The van der Waals surface area contributed by atoms with Crippen LogP contribution in [-0.2, 0) is 32.2 Å². The first-order chi connectivity index (χ1) is 13.0. The molecule has 4 rings (SSSR count). The third-order valence-corrected chi connectivity index (χ3v) is 5.08. The van der Waals surface area contributed by atoms with Crippen molar-refractivity contribution in [3.63, 3.8) is 0 Å². The molecule has 2 aliphatic rings. The van der Waals surface area contributed by atoms with Crippen LogP contribution in [0.3, 0.4) is 0 Å². The summed E-state index contributed by atoms with van der Waals surface area (Å²) in [5, 5.41) is 0. The van der Waals surface area contributed by atoms with Gasteiger partial charge in [-0.15, -0.1) is 0 Å². The van der Waals surface area contributed by atoms with Gasteiger partial charge in [0.25, 0.3) is 5.91 Å². The number of carbonyl (C=O) groups is 1. The van der Waals surface area contributed by atoms with E-state index in [0.29, 0.717) is 19.8 Å². The number of hydrogen-bond donors (Lipinski definition) is 0. The summed E-state index contributed by atoms with van der Waals surface area (Å²) in [5.41, 5.74) is 2.14. The van der Waals surface area contributed by atoms with Gasteiger partial charge in [0.2, 0.25) is 0 Å². The number of benzene rings is 2. The lowest BCUT2D eigenvalue weighted by atomic mass is 9.91. The smallest absolute Gasteiger partial charge is 0.254 e. The molecule has 5 nitrogen and oxygen atoms in total. The SMILES string of the molecule is CC1(C)OC[C@H]([C@H]2[C@@H](OCc3ccccc3)C(=O)N2Cc2ccccc2)O1. The zero-order valence-corrected chi connectivity index (χ0v) is 15.7. The third kappa shape index (κ3) is 3.90. The molecule has 1 amide bonds. The molecule has 0 aromatic heterocycles. The van der Waals surface area contributed by atoms with E-state index < -0.39 is 11.9 Å². The van der Waals surface area contributed by atoms with Gasteiger partial charge >= 0.3 is 0 Å². The van der Waals surface area contributed by atoms with E-state index in [0.717, 1.165) is 11.1 Å². The fraction of sp³-hybridized carbons (Fsp3) is 0.409. The van der Waals surface area contributed by atoms with Crippen molar-refractivity contribution in [1.82, 2.24) is 4.90 Å². The van der Waals surface area contributed by atoms with Gasteiger partial charge in [-0.1, -0.05) is 60.7 Å². The molecule has 5 heteroatoms. The standard InChI is InChI=1S/C22H25NO4/c1-22(2)26-15-18(27-22)19-20(25-14-17-11-7-4-8-12-17)21(24)23(19)13-16-9-5-3-6-10-16/h3-12,18-20H,13-15H2,1-2H3/t18-,19+,20-/m1/s1. The highest BCUT2D eigenvalue weighted by molar-refractivity contribution is 5.88. The highest BCUT2D eigenvalue weighted by atomic mass is 16.7. The predicted octanol–water partition coefficient (Wildman–Crippen LogP) is 3.13. The van der Waals surface area contributed by atoms with Crippen LogP contribution in [0, 0.1) is 0 Å². The van der Waals surface area contributed by atoms with Gasteiger partial charge in [0.1, 0.15) is 6.10 Å². The van der Waals surface area contributed by atoms with Crippen molar-refractivity contribution in [1.29, 1.82) is 0 Å². The second-order valence-corrected chi connectivity index (χ2v) is 7.53.